The number of hydrogen-bond acceptors (Lipinski definition) is 5. The van der Waals surface area contributed by atoms with Crippen molar-refractivity contribution in [2.45, 2.75) is 13.8 Å². The first-order valence-electron chi connectivity index (χ1n) is 5.83. The van der Waals surface area contributed by atoms with E-state index in [2.05, 4.69) is 30.5 Å². The van der Waals surface area contributed by atoms with E-state index >= 15 is 0 Å². The summed E-state index contributed by atoms with van der Waals surface area (Å²) in [7, 11) is 0. The molecule has 0 bridgehead atoms. The van der Waals surface area contributed by atoms with Gasteiger partial charge in [-0.3, -0.25) is 9.67 Å². The predicted molar refractivity (Wildman–Crippen MR) is 70.5 cm³/mol. The van der Waals surface area contributed by atoms with Crippen molar-refractivity contribution in [2.75, 3.05) is 5.32 Å². The van der Waals surface area contributed by atoms with Crippen LogP contribution in [0, 0.1) is 13.8 Å². The van der Waals surface area contributed by atoms with Gasteiger partial charge in [0, 0.05) is 29.7 Å². The van der Waals surface area contributed by atoms with Crippen LogP contribution in [-0.4, -0.2) is 29.7 Å². The minimum atomic E-state index is 0.727. The SMILES string of the molecule is Cc1cc(Nc2ncnc(-n3ccnc3)c2C)n[nH]1. The van der Waals surface area contributed by atoms with Crippen LogP contribution in [-0.2, 0) is 0 Å². The van der Waals surface area contributed by atoms with Crippen molar-refractivity contribution in [3.63, 3.8) is 0 Å². The summed E-state index contributed by atoms with van der Waals surface area (Å²) < 4.78 is 1.85. The van der Waals surface area contributed by atoms with Crippen molar-refractivity contribution in [3.8, 4) is 5.82 Å². The number of aromatic nitrogens is 6. The second kappa shape index (κ2) is 4.52. The molecule has 0 aliphatic rings. The van der Waals surface area contributed by atoms with E-state index in [-0.39, 0.29) is 0 Å². The van der Waals surface area contributed by atoms with Gasteiger partial charge in [0.1, 0.15) is 24.3 Å². The third-order valence-electron chi connectivity index (χ3n) is 2.76. The first-order chi connectivity index (χ1) is 9.24. The van der Waals surface area contributed by atoms with E-state index in [9.17, 15) is 0 Å². The first-order valence-corrected chi connectivity index (χ1v) is 5.83. The monoisotopic (exact) mass is 255 g/mol. The van der Waals surface area contributed by atoms with E-state index in [1.807, 2.05) is 30.7 Å². The molecule has 3 aromatic rings. The quantitative estimate of drug-likeness (QED) is 0.744. The molecule has 0 radical (unpaired) electrons. The summed E-state index contributed by atoms with van der Waals surface area (Å²) >= 11 is 0. The highest BCUT2D eigenvalue weighted by atomic mass is 15.2. The van der Waals surface area contributed by atoms with E-state index in [1.165, 1.54) is 6.33 Å². The van der Waals surface area contributed by atoms with Gasteiger partial charge in [-0.2, -0.15) is 5.10 Å². The zero-order valence-corrected chi connectivity index (χ0v) is 10.6. The number of imidazole rings is 1. The maximum Gasteiger partial charge on any atom is 0.153 e. The second-order valence-corrected chi connectivity index (χ2v) is 4.20. The van der Waals surface area contributed by atoms with Gasteiger partial charge in [0.05, 0.1) is 0 Å². The van der Waals surface area contributed by atoms with Gasteiger partial charge in [-0.1, -0.05) is 0 Å². The van der Waals surface area contributed by atoms with E-state index in [0.717, 1.165) is 28.7 Å². The maximum absolute atomic E-state index is 4.27. The molecular formula is C12H13N7. The highest BCUT2D eigenvalue weighted by Gasteiger charge is 2.09. The molecule has 2 N–H and O–H groups in total. The first kappa shape index (κ1) is 11.4. The van der Waals surface area contributed by atoms with E-state index < -0.39 is 0 Å². The van der Waals surface area contributed by atoms with Crippen LogP contribution in [0.1, 0.15) is 11.3 Å². The molecule has 0 aliphatic carbocycles. The van der Waals surface area contributed by atoms with Crippen LogP contribution in [0.4, 0.5) is 11.6 Å². The standard InChI is InChI=1S/C12H13N7/c1-8-5-10(18-17-8)16-11-9(2)12(15-6-14-11)19-4-3-13-7-19/h3-7H,1-2H3,(H2,14,15,16,17,18). The van der Waals surface area contributed by atoms with Crippen LogP contribution in [0.3, 0.4) is 0 Å². The van der Waals surface area contributed by atoms with Gasteiger partial charge in [-0.05, 0) is 13.8 Å². The third-order valence-corrected chi connectivity index (χ3v) is 2.76. The lowest BCUT2D eigenvalue weighted by Crippen LogP contribution is -2.04. The molecule has 0 atom stereocenters. The Morgan fingerprint density at radius 3 is 2.84 bits per heavy atom. The minimum Gasteiger partial charge on any atom is -0.323 e. The lowest BCUT2D eigenvalue weighted by molar-refractivity contribution is 0.951. The van der Waals surface area contributed by atoms with Gasteiger partial charge < -0.3 is 5.32 Å². The summed E-state index contributed by atoms with van der Waals surface area (Å²) in [5.41, 5.74) is 1.92. The zero-order chi connectivity index (χ0) is 13.2. The van der Waals surface area contributed by atoms with Crippen LogP contribution < -0.4 is 5.32 Å². The Kier molecular flexibility index (Phi) is 2.71. The largest absolute Gasteiger partial charge is 0.323 e. The predicted octanol–water partition coefficient (Wildman–Crippen LogP) is 1.75. The van der Waals surface area contributed by atoms with Crippen molar-refractivity contribution >= 4 is 11.6 Å². The number of aromatic amines is 1. The minimum absolute atomic E-state index is 0.727. The number of rotatable bonds is 3. The van der Waals surface area contributed by atoms with Crippen molar-refractivity contribution in [3.05, 3.63) is 42.4 Å². The maximum atomic E-state index is 4.27. The molecule has 0 amide bonds. The average molecular weight is 255 g/mol. The van der Waals surface area contributed by atoms with Crippen molar-refractivity contribution in [1.82, 2.24) is 29.7 Å². The van der Waals surface area contributed by atoms with Gasteiger partial charge in [0.25, 0.3) is 0 Å². The molecule has 0 unspecified atom stereocenters. The number of aryl methyl sites for hydroxylation is 1. The average Bonchev–Trinajstić information content (AvgIpc) is 3.04. The molecule has 0 fully saturated rings. The molecule has 96 valence electrons. The summed E-state index contributed by atoms with van der Waals surface area (Å²) in [6.45, 7) is 3.90. The van der Waals surface area contributed by atoms with E-state index in [1.54, 1.807) is 12.5 Å². The molecule has 3 aromatic heterocycles. The molecule has 19 heavy (non-hydrogen) atoms. The fraction of sp³-hybridized carbons (Fsp3) is 0.167. The molecule has 0 spiro atoms. The van der Waals surface area contributed by atoms with Crippen LogP contribution in [0.5, 0.6) is 0 Å². The summed E-state index contributed by atoms with van der Waals surface area (Å²) in [4.78, 5) is 12.5. The van der Waals surface area contributed by atoms with Gasteiger partial charge in [0.2, 0.25) is 0 Å². The van der Waals surface area contributed by atoms with E-state index in [4.69, 9.17) is 0 Å². The Labute approximate surface area is 109 Å². The molecule has 3 rings (SSSR count). The Bertz CT molecular complexity index is 684. The molecule has 3 heterocycles. The normalized spacial score (nSPS) is 10.6. The summed E-state index contributed by atoms with van der Waals surface area (Å²) in [5.74, 6) is 2.25. The number of H-pyrrole nitrogens is 1. The Morgan fingerprint density at radius 2 is 2.16 bits per heavy atom. The van der Waals surface area contributed by atoms with E-state index in [0.29, 0.717) is 0 Å². The second-order valence-electron chi connectivity index (χ2n) is 4.20. The molecule has 7 heteroatoms. The number of anilines is 2. The van der Waals surface area contributed by atoms with Crippen LogP contribution in [0.15, 0.2) is 31.1 Å². The highest BCUT2D eigenvalue weighted by molar-refractivity contribution is 5.59. The fourth-order valence-corrected chi connectivity index (χ4v) is 1.81. The number of nitrogens with zero attached hydrogens (tertiary/aromatic N) is 5. The van der Waals surface area contributed by atoms with Gasteiger partial charge >= 0.3 is 0 Å². The highest BCUT2D eigenvalue weighted by Crippen LogP contribution is 2.20. The van der Waals surface area contributed by atoms with Crippen LogP contribution >= 0.6 is 0 Å². The Hall–Kier alpha value is -2.70. The molecule has 0 saturated carbocycles. The fourth-order valence-electron chi connectivity index (χ4n) is 1.81. The molecule has 0 aromatic carbocycles. The third kappa shape index (κ3) is 2.17. The Balaban J connectivity index is 1.97. The summed E-state index contributed by atoms with van der Waals surface area (Å²) in [6.07, 6.45) is 6.78. The van der Waals surface area contributed by atoms with Crippen LogP contribution in [0.25, 0.3) is 5.82 Å². The van der Waals surface area contributed by atoms with Gasteiger partial charge in [0.15, 0.2) is 5.82 Å². The number of hydrogen-bond donors (Lipinski definition) is 2. The van der Waals surface area contributed by atoms with Gasteiger partial charge in [-0.25, -0.2) is 15.0 Å². The number of nitrogens with one attached hydrogen (secondary N) is 2. The van der Waals surface area contributed by atoms with Crippen LogP contribution in [0.2, 0.25) is 0 Å². The summed E-state index contributed by atoms with van der Waals surface area (Å²) in [5, 5.41) is 10.2. The Morgan fingerprint density at radius 1 is 1.26 bits per heavy atom. The summed E-state index contributed by atoms with van der Waals surface area (Å²) in [6, 6.07) is 1.92. The van der Waals surface area contributed by atoms with Crippen molar-refractivity contribution < 1.29 is 0 Å². The van der Waals surface area contributed by atoms with Gasteiger partial charge in [-0.15, -0.1) is 0 Å². The zero-order valence-electron chi connectivity index (χ0n) is 10.6. The molecule has 0 aliphatic heterocycles. The lowest BCUT2D eigenvalue weighted by atomic mass is 10.3. The topological polar surface area (TPSA) is 84.3 Å². The van der Waals surface area contributed by atoms with Crippen molar-refractivity contribution in [1.29, 1.82) is 0 Å². The molecular weight excluding hydrogens is 242 g/mol. The lowest BCUT2D eigenvalue weighted by Gasteiger charge is -2.09. The van der Waals surface area contributed by atoms with Crippen molar-refractivity contribution in [2.24, 2.45) is 0 Å². The molecule has 7 nitrogen and oxygen atoms in total. The molecule has 0 saturated heterocycles. The smallest absolute Gasteiger partial charge is 0.153 e.